The molecule has 0 aliphatic rings. The maximum absolute atomic E-state index is 12.6. The molecule has 0 bridgehead atoms. The van der Waals surface area contributed by atoms with Gasteiger partial charge in [-0.15, -0.1) is 0 Å². The number of benzene rings is 3. The molecule has 0 atom stereocenters. The van der Waals surface area contributed by atoms with Gasteiger partial charge in [0.1, 0.15) is 17.9 Å². The number of carbonyl (C=O) groups is 1. The first-order valence-electron chi connectivity index (χ1n) is 9.57. The largest absolute Gasteiger partial charge is 0.489 e. The Hall–Kier alpha value is -3.60. The molecule has 1 N–H and O–H groups in total. The van der Waals surface area contributed by atoms with E-state index >= 15 is 0 Å². The summed E-state index contributed by atoms with van der Waals surface area (Å²) in [5, 5.41) is 2.90. The Labute approximate surface area is 169 Å². The Balaban J connectivity index is 1.41. The monoisotopic (exact) mass is 386 g/mol. The molecule has 0 aliphatic heterocycles. The predicted octanol–water partition coefficient (Wildman–Crippen LogP) is 5.78. The van der Waals surface area contributed by atoms with Crippen LogP contribution < -0.4 is 10.1 Å². The highest BCUT2D eigenvalue weighted by Gasteiger charge is 2.11. The number of hydrogen-bond donors (Lipinski definition) is 1. The van der Waals surface area contributed by atoms with Crippen LogP contribution in [0.5, 0.6) is 5.75 Å². The molecule has 3 aromatic carbocycles. The molecular weight excluding hydrogens is 364 g/mol. The van der Waals surface area contributed by atoms with Crippen molar-refractivity contribution >= 4 is 22.7 Å². The van der Waals surface area contributed by atoms with E-state index in [9.17, 15) is 4.79 Å². The van der Waals surface area contributed by atoms with Crippen molar-refractivity contribution in [1.29, 1.82) is 0 Å². The van der Waals surface area contributed by atoms with Crippen LogP contribution in [0, 0.1) is 0 Å². The fourth-order valence-corrected chi connectivity index (χ4v) is 2.91. The third-order valence-corrected chi connectivity index (χ3v) is 4.52. The number of aromatic nitrogens is 1. The van der Waals surface area contributed by atoms with Crippen LogP contribution in [0.4, 0.5) is 5.69 Å². The molecule has 0 fully saturated rings. The fraction of sp³-hybridized carbons (Fsp3) is 0.167. The van der Waals surface area contributed by atoms with Crippen LogP contribution in [-0.4, -0.2) is 10.9 Å². The Morgan fingerprint density at radius 1 is 1.03 bits per heavy atom. The van der Waals surface area contributed by atoms with E-state index in [1.807, 2.05) is 56.3 Å². The van der Waals surface area contributed by atoms with E-state index in [0.717, 1.165) is 16.8 Å². The number of fused-ring (bicyclic) bond motifs is 1. The number of oxazole rings is 1. The predicted molar refractivity (Wildman–Crippen MR) is 113 cm³/mol. The van der Waals surface area contributed by atoms with Gasteiger partial charge in [-0.3, -0.25) is 4.79 Å². The molecule has 1 aromatic heterocycles. The maximum Gasteiger partial charge on any atom is 0.255 e. The zero-order chi connectivity index (χ0) is 20.2. The average Bonchev–Trinajstić information content (AvgIpc) is 3.17. The van der Waals surface area contributed by atoms with Crippen molar-refractivity contribution in [2.45, 2.75) is 26.4 Å². The normalized spacial score (nSPS) is 11.0. The molecule has 146 valence electrons. The molecule has 0 saturated heterocycles. The summed E-state index contributed by atoms with van der Waals surface area (Å²) in [6, 6.07) is 22.5. The van der Waals surface area contributed by atoms with Crippen LogP contribution in [0.25, 0.3) is 11.1 Å². The first-order chi connectivity index (χ1) is 14.1. The molecular formula is C24H22N2O3. The topological polar surface area (TPSA) is 64.4 Å². The van der Waals surface area contributed by atoms with E-state index in [1.54, 1.807) is 30.3 Å². The summed E-state index contributed by atoms with van der Waals surface area (Å²) in [7, 11) is 0. The van der Waals surface area contributed by atoms with Gasteiger partial charge >= 0.3 is 0 Å². The lowest BCUT2D eigenvalue weighted by molar-refractivity contribution is 0.102. The fourth-order valence-electron chi connectivity index (χ4n) is 2.91. The summed E-state index contributed by atoms with van der Waals surface area (Å²) in [4.78, 5) is 17.0. The van der Waals surface area contributed by atoms with Crippen LogP contribution >= 0.6 is 0 Å². The number of nitrogens with zero attached hydrogens (tertiary/aromatic N) is 1. The molecule has 5 nitrogen and oxygen atoms in total. The van der Waals surface area contributed by atoms with Gasteiger partial charge in [0.2, 0.25) is 0 Å². The SMILES string of the molecule is CC(C)c1nc2ccc(NC(=O)c3ccc(OCc4ccccc4)cc3)cc2o1. The summed E-state index contributed by atoms with van der Waals surface area (Å²) >= 11 is 0. The van der Waals surface area contributed by atoms with Gasteiger partial charge in [0.15, 0.2) is 11.5 Å². The molecule has 4 rings (SSSR count). The zero-order valence-electron chi connectivity index (χ0n) is 16.4. The number of ether oxygens (including phenoxy) is 1. The molecule has 0 unspecified atom stereocenters. The maximum atomic E-state index is 12.6. The summed E-state index contributed by atoms with van der Waals surface area (Å²) < 4.78 is 11.5. The number of rotatable bonds is 6. The van der Waals surface area contributed by atoms with Gasteiger partial charge in [-0.1, -0.05) is 44.2 Å². The molecule has 4 aromatic rings. The highest BCUT2D eigenvalue weighted by atomic mass is 16.5. The number of anilines is 1. The van der Waals surface area contributed by atoms with E-state index in [0.29, 0.717) is 29.3 Å². The lowest BCUT2D eigenvalue weighted by atomic mass is 10.2. The first kappa shape index (κ1) is 18.7. The van der Waals surface area contributed by atoms with Gasteiger partial charge in [0.05, 0.1) is 0 Å². The Bertz CT molecular complexity index is 1120. The van der Waals surface area contributed by atoms with Crippen LogP contribution in [0.15, 0.2) is 77.2 Å². The van der Waals surface area contributed by atoms with Crippen molar-refractivity contribution < 1.29 is 13.9 Å². The van der Waals surface area contributed by atoms with Crippen molar-refractivity contribution in [3.05, 3.63) is 89.8 Å². The second-order valence-electron chi connectivity index (χ2n) is 7.14. The smallest absolute Gasteiger partial charge is 0.255 e. The van der Waals surface area contributed by atoms with Crippen LogP contribution in [-0.2, 0) is 6.61 Å². The molecule has 5 heteroatoms. The van der Waals surface area contributed by atoms with Gasteiger partial charge in [0.25, 0.3) is 5.91 Å². The van der Waals surface area contributed by atoms with E-state index < -0.39 is 0 Å². The van der Waals surface area contributed by atoms with E-state index in [1.165, 1.54) is 0 Å². The van der Waals surface area contributed by atoms with Crippen molar-refractivity contribution in [2.24, 2.45) is 0 Å². The number of nitrogens with one attached hydrogen (secondary N) is 1. The highest BCUT2D eigenvalue weighted by molar-refractivity contribution is 6.04. The van der Waals surface area contributed by atoms with Crippen molar-refractivity contribution in [1.82, 2.24) is 4.98 Å². The third kappa shape index (κ3) is 4.46. The second-order valence-corrected chi connectivity index (χ2v) is 7.14. The lowest BCUT2D eigenvalue weighted by Gasteiger charge is -2.08. The van der Waals surface area contributed by atoms with E-state index in [2.05, 4.69) is 10.3 Å². The molecule has 0 aliphatic carbocycles. The minimum Gasteiger partial charge on any atom is -0.489 e. The van der Waals surface area contributed by atoms with Crippen LogP contribution in [0.1, 0.15) is 41.6 Å². The van der Waals surface area contributed by atoms with Crippen molar-refractivity contribution in [2.75, 3.05) is 5.32 Å². The minimum atomic E-state index is -0.192. The van der Waals surface area contributed by atoms with E-state index in [4.69, 9.17) is 9.15 Å². The van der Waals surface area contributed by atoms with Gasteiger partial charge in [0, 0.05) is 23.2 Å². The van der Waals surface area contributed by atoms with Gasteiger partial charge in [-0.05, 0) is 42.0 Å². The molecule has 0 radical (unpaired) electrons. The number of carbonyl (C=O) groups excluding carboxylic acids is 1. The number of hydrogen-bond acceptors (Lipinski definition) is 4. The Kier molecular flexibility index (Phi) is 5.29. The highest BCUT2D eigenvalue weighted by Crippen LogP contribution is 2.24. The Morgan fingerprint density at radius 2 is 1.79 bits per heavy atom. The first-order valence-corrected chi connectivity index (χ1v) is 9.57. The van der Waals surface area contributed by atoms with Gasteiger partial charge < -0.3 is 14.5 Å². The summed E-state index contributed by atoms with van der Waals surface area (Å²) in [5.74, 6) is 1.43. The lowest BCUT2D eigenvalue weighted by Crippen LogP contribution is -2.11. The molecule has 0 spiro atoms. The standard InChI is InChI=1S/C24H22N2O3/c1-16(2)24-26-21-13-10-19(14-22(21)29-24)25-23(27)18-8-11-20(12-9-18)28-15-17-6-4-3-5-7-17/h3-14,16H,15H2,1-2H3,(H,25,27). The summed E-state index contributed by atoms with van der Waals surface area (Å²) in [5.41, 5.74) is 3.76. The van der Waals surface area contributed by atoms with Crippen molar-refractivity contribution in [3.63, 3.8) is 0 Å². The third-order valence-electron chi connectivity index (χ3n) is 4.52. The van der Waals surface area contributed by atoms with Crippen molar-refractivity contribution in [3.8, 4) is 5.75 Å². The average molecular weight is 386 g/mol. The molecule has 29 heavy (non-hydrogen) atoms. The Morgan fingerprint density at radius 3 is 2.52 bits per heavy atom. The van der Waals surface area contributed by atoms with Crippen LogP contribution in [0.2, 0.25) is 0 Å². The summed E-state index contributed by atoms with van der Waals surface area (Å²) in [6.07, 6.45) is 0. The van der Waals surface area contributed by atoms with E-state index in [-0.39, 0.29) is 11.8 Å². The van der Waals surface area contributed by atoms with Gasteiger partial charge in [-0.25, -0.2) is 4.98 Å². The quantitative estimate of drug-likeness (QED) is 0.456. The molecule has 0 saturated carbocycles. The van der Waals surface area contributed by atoms with Crippen LogP contribution in [0.3, 0.4) is 0 Å². The summed E-state index contributed by atoms with van der Waals surface area (Å²) in [6.45, 7) is 4.54. The zero-order valence-corrected chi connectivity index (χ0v) is 16.4. The second kappa shape index (κ2) is 8.19. The van der Waals surface area contributed by atoms with Gasteiger partial charge in [-0.2, -0.15) is 0 Å². The number of amides is 1. The molecule has 1 heterocycles. The molecule has 1 amide bonds. The minimum absolute atomic E-state index is 0.192.